The van der Waals surface area contributed by atoms with E-state index < -0.39 is 5.97 Å². The number of benzene rings is 2. The summed E-state index contributed by atoms with van der Waals surface area (Å²) in [6.45, 7) is 4.10. The summed E-state index contributed by atoms with van der Waals surface area (Å²) in [5.74, 6) is 0.689. The number of halogens is 2. The van der Waals surface area contributed by atoms with Crippen molar-refractivity contribution in [3.05, 3.63) is 79.1 Å². The number of aliphatic imine (C=N–C) groups is 1. The van der Waals surface area contributed by atoms with Gasteiger partial charge < -0.3 is 9.47 Å². The molecule has 2 aromatic carbocycles. The maximum Gasteiger partial charge on any atom is 0.363 e. The van der Waals surface area contributed by atoms with E-state index in [1.807, 2.05) is 42.5 Å². The molecule has 0 unspecified atom stereocenters. The summed E-state index contributed by atoms with van der Waals surface area (Å²) < 4.78 is 12.8. The lowest BCUT2D eigenvalue weighted by Crippen LogP contribution is -2.05. The maximum absolute atomic E-state index is 12.1. The molecular weight excluding hydrogens is 544 g/mol. The van der Waals surface area contributed by atoms with Crippen molar-refractivity contribution in [2.75, 3.05) is 6.61 Å². The van der Waals surface area contributed by atoms with Crippen molar-refractivity contribution in [1.82, 2.24) is 0 Å². The minimum atomic E-state index is -0.448. The summed E-state index contributed by atoms with van der Waals surface area (Å²) in [5, 5.41) is 0. The SMILES string of the molecule is C=CCOc1c(I)cc(/C=C2\N=C(c3ccccc3)OC2=O)cc1I. The number of esters is 1. The zero-order valence-corrected chi connectivity index (χ0v) is 17.4. The third-order valence-electron chi connectivity index (χ3n) is 3.31. The van der Waals surface area contributed by atoms with Gasteiger partial charge in [-0.3, -0.25) is 0 Å². The third-order valence-corrected chi connectivity index (χ3v) is 4.91. The quantitative estimate of drug-likeness (QED) is 0.230. The smallest absolute Gasteiger partial charge is 0.363 e. The molecule has 0 aliphatic carbocycles. The fourth-order valence-electron chi connectivity index (χ4n) is 2.21. The van der Waals surface area contributed by atoms with Crippen LogP contribution >= 0.6 is 45.2 Å². The van der Waals surface area contributed by atoms with Gasteiger partial charge in [0.2, 0.25) is 5.90 Å². The summed E-state index contributed by atoms with van der Waals surface area (Å²) in [5.41, 5.74) is 1.92. The standard InChI is InChI=1S/C19H13I2NO3/c1-2-8-24-17-14(20)9-12(10-15(17)21)11-16-19(23)25-18(22-16)13-6-4-3-5-7-13/h2-7,9-11H,1,8H2/b16-11-. The van der Waals surface area contributed by atoms with Crippen LogP contribution in [0.25, 0.3) is 6.08 Å². The Hall–Kier alpha value is -1.68. The van der Waals surface area contributed by atoms with Crippen LogP contribution in [-0.2, 0) is 9.53 Å². The highest BCUT2D eigenvalue weighted by atomic mass is 127. The van der Waals surface area contributed by atoms with E-state index >= 15 is 0 Å². The lowest BCUT2D eigenvalue weighted by atomic mass is 10.2. The van der Waals surface area contributed by atoms with E-state index in [-0.39, 0.29) is 5.70 Å². The first-order chi connectivity index (χ1) is 12.1. The molecule has 25 heavy (non-hydrogen) atoms. The molecule has 0 saturated carbocycles. The molecule has 0 aromatic heterocycles. The van der Waals surface area contributed by atoms with Crippen LogP contribution in [0.5, 0.6) is 5.75 Å². The minimum Gasteiger partial charge on any atom is -0.487 e. The summed E-state index contributed by atoms with van der Waals surface area (Å²) in [6, 6.07) is 13.2. The Morgan fingerprint density at radius 1 is 1.16 bits per heavy atom. The van der Waals surface area contributed by atoms with Crippen LogP contribution in [0.4, 0.5) is 0 Å². The van der Waals surface area contributed by atoms with Crippen LogP contribution < -0.4 is 4.74 Å². The molecule has 0 N–H and O–H groups in total. The molecule has 0 fully saturated rings. The normalized spacial score (nSPS) is 15.0. The second-order valence-electron chi connectivity index (χ2n) is 5.12. The molecular formula is C19H13I2NO3. The van der Waals surface area contributed by atoms with Gasteiger partial charge in [-0.05, 0) is 81.1 Å². The van der Waals surface area contributed by atoms with Crippen molar-refractivity contribution >= 4 is 63.1 Å². The Labute approximate surface area is 172 Å². The van der Waals surface area contributed by atoms with E-state index in [2.05, 4.69) is 56.8 Å². The third kappa shape index (κ3) is 4.30. The Morgan fingerprint density at radius 3 is 2.48 bits per heavy atom. The van der Waals surface area contributed by atoms with E-state index in [4.69, 9.17) is 9.47 Å². The van der Waals surface area contributed by atoms with Gasteiger partial charge in [-0.2, -0.15) is 0 Å². The molecule has 0 saturated heterocycles. The number of hydrogen-bond acceptors (Lipinski definition) is 4. The van der Waals surface area contributed by atoms with Gasteiger partial charge in [0.1, 0.15) is 12.4 Å². The number of rotatable bonds is 5. The monoisotopic (exact) mass is 557 g/mol. The number of hydrogen-bond donors (Lipinski definition) is 0. The second kappa shape index (κ2) is 8.13. The molecule has 0 radical (unpaired) electrons. The summed E-state index contributed by atoms with van der Waals surface area (Å²) >= 11 is 4.42. The van der Waals surface area contributed by atoms with Gasteiger partial charge in [-0.15, -0.1) is 0 Å². The molecule has 1 aliphatic heterocycles. The molecule has 126 valence electrons. The summed E-state index contributed by atoms with van der Waals surface area (Å²) in [6.07, 6.45) is 3.43. The van der Waals surface area contributed by atoms with Crippen LogP contribution in [0, 0.1) is 7.14 Å². The van der Waals surface area contributed by atoms with Gasteiger partial charge in [0.25, 0.3) is 0 Å². The highest BCUT2D eigenvalue weighted by molar-refractivity contribution is 14.1. The predicted molar refractivity (Wildman–Crippen MR) is 115 cm³/mol. The molecule has 1 heterocycles. The number of carbonyl (C=O) groups excluding carboxylic acids is 1. The van der Waals surface area contributed by atoms with Crippen LogP contribution in [-0.4, -0.2) is 18.5 Å². The number of ether oxygens (including phenoxy) is 2. The molecule has 2 aromatic rings. The highest BCUT2D eigenvalue weighted by Gasteiger charge is 2.24. The molecule has 0 bridgehead atoms. The molecule has 0 spiro atoms. The van der Waals surface area contributed by atoms with Gasteiger partial charge >= 0.3 is 5.97 Å². The van der Waals surface area contributed by atoms with Crippen molar-refractivity contribution in [1.29, 1.82) is 0 Å². The first-order valence-electron chi connectivity index (χ1n) is 7.39. The summed E-state index contributed by atoms with van der Waals surface area (Å²) in [7, 11) is 0. The van der Waals surface area contributed by atoms with Crippen LogP contribution in [0.15, 0.2) is 65.8 Å². The molecule has 3 rings (SSSR count). The number of nitrogens with zero attached hydrogens (tertiary/aromatic N) is 1. The Morgan fingerprint density at radius 2 is 1.84 bits per heavy atom. The van der Waals surface area contributed by atoms with Gasteiger partial charge in [-0.1, -0.05) is 30.9 Å². The second-order valence-corrected chi connectivity index (χ2v) is 7.44. The maximum atomic E-state index is 12.1. The van der Waals surface area contributed by atoms with Crippen molar-refractivity contribution in [3.8, 4) is 5.75 Å². The fourth-order valence-corrected chi connectivity index (χ4v) is 4.34. The van der Waals surface area contributed by atoms with E-state index in [0.717, 1.165) is 24.0 Å². The van der Waals surface area contributed by atoms with E-state index in [9.17, 15) is 4.79 Å². The first kappa shape index (κ1) is 18.1. The predicted octanol–water partition coefficient (Wildman–Crippen LogP) is 4.81. The average Bonchev–Trinajstić information content (AvgIpc) is 2.96. The van der Waals surface area contributed by atoms with Crippen LogP contribution in [0.1, 0.15) is 11.1 Å². The highest BCUT2D eigenvalue weighted by Crippen LogP contribution is 2.30. The largest absolute Gasteiger partial charge is 0.487 e. The lowest BCUT2D eigenvalue weighted by molar-refractivity contribution is -0.129. The fraction of sp³-hybridized carbons (Fsp3) is 0.0526. The van der Waals surface area contributed by atoms with E-state index in [1.54, 1.807) is 12.2 Å². The molecule has 0 atom stereocenters. The van der Waals surface area contributed by atoms with Gasteiger partial charge in [0.15, 0.2) is 5.70 Å². The van der Waals surface area contributed by atoms with Crippen molar-refractivity contribution in [2.24, 2.45) is 4.99 Å². The zero-order valence-electron chi connectivity index (χ0n) is 13.0. The van der Waals surface area contributed by atoms with Crippen molar-refractivity contribution in [3.63, 3.8) is 0 Å². The Bertz CT molecular complexity index is 866. The first-order valence-corrected chi connectivity index (χ1v) is 9.55. The zero-order chi connectivity index (χ0) is 17.8. The number of carbonyl (C=O) groups is 1. The number of cyclic esters (lactones) is 1. The van der Waals surface area contributed by atoms with Crippen molar-refractivity contribution < 1.29 is 14.3 Å². The average molecular weight is 557 g/mol. The molecule has 6 heteroatoms. The topological polar surface area (TPSA) is 47.9 Å². The Balaban J connectivity index is 1.91. The van der Waals surface area contributed by atoms with E-state index in [1.165, 1.54) is 0 Å². The minimum absolute atomic E-state index is 0.283. The van der Waals surface area contributed by atoms with Crippen molar-refractivity contribution in [2.45, 2.75) is 0 Å². The van der Waals surface area contributed by atoms with E-state index in [0.29, 0.717) is 12.5 Å². The lowest BCUT2D eigenvalue weighted by Gasteiger charge is -2.09. The molecule has 0 amide bonds. The van der Waals surface area contributed by atoms with Crippen LogP contribution in [0.2, 0.25) is 0 Å². The van der Waals surface area contributed by atoms with Gasteiger partial charge in [0, 0.05) is 5.56 Å². The Kier molecular flexibility index (Phi) is 5.89. The van der Waals surface area contributed by atoms with Gasteiger partial charge in [0.05, 0.1) is 7.14 Å². The molecule has 1 aliphatic rings. The van der Waals surface area contributed by atoms with Crippen LogP contribution in [0.3, 0.4) is 0 Å². The molecule has 4 nitrogen and oxygen atoms in total. The van der Waals surface area contributed by atoms with Gasteiger partial charge in [-0.25, -0.2) is 9.79 Å². The summed E-state index contributed by atoms with van der Waals surface area (Å²) in [4.78, 5) is 16.4.